The number of hydrogen-bond donors (Lipinski definition) is 0. The van der Waals surface area contributed by atoms with Crippen molar-refractivity contribution in [3.05, 3.63) is 68.7 Å². The predicted molar refractivity (Wildman–Crippen MR) is 169 cm³/mol. The Morgan fingerprint density at radius 3 is 1.35 bits per heavy atom. The lowest BCUT2D eigenvalue weighted by atomic mass is 9.98. The van der Waals surface area contributed by atoms with E-state index in [0.29, 0.717) is 45.1 Å². The lowest BCUT2D eigenvalue weighted by Crippen LogP contribution is -2.17. The zero-order valence-corrected chi connectivity index (χ0v) is 27.9. The Kier molecular flexibility index (Phi) is 12.2. The molecule has 0 saturated heterocycles. The summed E-state index contributed by atoms with van der Waals surface area (Å²) in [6, 6.07) is 10.6. The third-order valence-electron chi connectivity index (χ3n) is 5.17. The maximum absolute atomic E-state index is 12.0. The molecule has 210 valence electrons. The van der Waals surface area contributed by atoms with E-state index in [4.69, 9.17) is 32.7 Å². The minimum Gasteiger partial charge on any atom is -0.457 e. The summed E-state index contributed by atoms with van der Waals surface area (Å²) in [7, 11) is -3.22. The average molecular weight is 612 g/mol. The standard InChI is InChI=1S/C32H36Cl2O4Si2/c1-23(35)37-31(11-9-19-39(3,4)5)29-21-27(33)17-15-25(29)13-14-26-16-18-28(34)22-30(26)32(38-24(2)36)12-10-20-40(6,7)8/h15-18,21-22,31-32H,11-12H2,1-8H3. The van der Waals surface area contributed by atoms with Gasteiger partial charge < -0.3 is 9.47 Å². The molecule has 0 amide bonds. The van der Waals surface area contributed by atoms with Gasteiger partial charge in [-0.3, -0.25) is 9.59 Å². The second-order valence-corrected chi connectivity index (χ2v) is 21.8. The minimum absolute atomic E-state index is 0.329. The first kappa shape index (κ1) is 33.3. The van der Waals surface area contributed by atoms with E-state index in [1.54, 1.807) is 36.4 Å². The Hall–Kier alpha value is -2.93. The van der Waals surface area contributed by atoms with Crippen LogP contribution in [-0.2, 0) is 19.1 Å². The summed E-state index contributed by atoms with van der Waals surface area (Å²) in [5.41, 5.74) is 9.28. The summed E-state index contributed by atoms with van der Waals surface area (Å²) in [5, 5.41) is 0.998. The molecular formula is C32H36Cl2O4Si2. The van der Waals surface area contributed by atoms with Gasteiger partial charge in [0.15, 0.2) is 0 Å². The molecule has 0 bridgehead atoms. The van der Waals surface area contributed by atoms with Crippen LogP contribution in [0.3, 0.4) is 0 Å². The first-order valence-corrected chi connectivity index (χ1v) is 20.7. The first-order chi connectivity index (χ1) is 18.5. The molecule has 0 radical (unpaired) electrons. The number of rotatable bonds is 6. The second-order valence-electron chi connectivity index (χ2n) is 11.4. The van der Waals surface area contributed by atoms with Crippen molar-refractivity contribution in [3.63, 3.8) is 0 Å². The molecule has 0 aliphatic heterocycles. The van der Waals surface area contributed by atoms with E-state index in [1.165, 1.54) is 13.8 Å². The van der Waals surface area contributed by atoms with Crippen molar-refractivity contribution in [3.8, 4) is 34.8 Å². The molecule has 0 spiro atoms. The van der Waals surface area contributed by atoms with Gasteiger partial charge in [-0.25, -0.2) is 0 Å². The monoisotopic (exact) mass is 610 g/mol. The molecular weight excluding hydrogens is 575 g/mol. The molecule has 0 aliphatic carbocycles. The fourth-order valence-corrected chi connectivity index (χ4v) is 5.24. The smallest absolute Gasteiger partial charge is 0.303 e. The topological polar surface area (TPSA) is 52.6 Å². The van der Waals surface area contributed by atoms with E-state index < -0.39 is 40.3 Å². The van der Waals surface area contributed by atoms with Crippen molar-refractivity contribution < 1.29 is 19.1 Å². The summed E-state index contributed by atoms with van der Waals surface area (Å²) in [5.74, 6) is 12.0. The molecule has 2 aromatic rings. The van der Waals surface area contributed by atoms with E-state index >= 15 is 0 Å². The van der Waals surface area contributed by atoms with Crippen LogP contribution in [0.4, 0.5) is 0 Å². The summed E-state index contributed by atoms with van der Waals surface area (Å²) in [4.78, 5) is 23.9. The van der Waals surface area contributed by atoms with Crippen molar-refractivity contribution in [1.82, 2.24) is 0 Å². The van der Waals surface area contributed by atoms with E-state index in [2.05, 4.69) is 74.1 Å². The second kappa shape index (κ2) is 14.6. The Bertz CT molecular complexity index is 1330. The van der Waals surface area contributed by atoms with Crippen molar-refractivity contribution in [2.24, 2.45) is 0 Å². The normalized spacial score (nSPS) is 12.3. The molecule has 0 saturated carbocycles. The van der Waals surface area contributed by atoms with Crippen molar-refractivity contribution in [1.29, 1.82) is 0 Å². The quantitative estimate of drug-likeness (QED) is 0.188. The number of halogens is 2. The molecule has 4 nitrogen and oxygen atoms in total. The van der Waals surface area contributed by atoms with Crippen LogP contribution in [0, 0.1) is 34.8 Å². The Morgan fingerprint density at radius 2 is 1.05 bits per heavy atom. The van der Waals surface area contributed by atoms with Gasteiger partial charge in [0.1, 0.15) is 28.4 Å². The first-order valence-electron chi connectivity index (χ1n) is 13.0. The highest BCUT2D eigenvalue weighted by Crippen LogP contribution is 2.30. The third kappa shape index (κ3) is 12.1. The highest BCUT2D eigenvalue weighted by Gasteiger charge is 2.20. The van der Waals surface area contributed by atoms with Gasteiger partial charge in [-0.15, -0.1) is 22.9 Å². The van der Waals surface area contributed by atoms with Gasteiger partial charge >= 0.3 is 11.9 Å². The number of carbonyl (C=O) groups is 2. The van der Waals surface area contributed by atoms with E-state index in [1.807, 2.05) is 0 Å². The molecule has 0 heterocycles. The minimum atomic E-state index is -1.61. The van der Waals surface area contributed by atoms with Gasteiger partial charge in [-0.2, -0.15) is 0 Å². The van der Waals surface area contributed by atoms with Gasteiger partial charge in [-0.1, -0.05) is 74.3 Å². The lowest BCUT2D eigenvalue weighted by molar-refractivity contribution is -0.147. The summed E-state index contributed by atoms with van der Waals surface area (Å²) >= 11 is 12.7. The van der Waals surface area contributed by atoms with Gasteiger partial charge in [0.25, 0.3) is 0 Å². The van der Waals surface area contributed by atoms with Crippen molar-refractivity contribution in [2.75, 3.05) is 0 Å². The largest absolute Gasteiger partial charge is 0.457 e. The van der Waals surface area contributed by atoms with Crippen LogP contribution in [0.1, 0.15) is 61.2 Å². The number of benzene rings is 2. The van der Waals surface area contributed by atoms with Crippen molar-refractivity contribution in [2.45, 2.75) is 78.2 Å². The molecule has 8 heteroatoms. The number of esters is 2. The summed E-state index contributed by atoms with van der Waals surface area (Å²) < 4.78 is 11.3. The van der Waals surface area contributed by atoms with Gasteiger partial charge in [0, 0.05) is 59.0 Å². The molecule has 0 aromatic heterocycles. The molecule has 2 aromatic carbocycles. The lowest BCUT2D eigenvalue weighted by Gasteiger charge is -2.18. The fourth-order valence-electron chi connectivity index (χ4n) is 3.61. The Labute approximate surface area is 251 Å². The number of hydrogen-bond acceptors (Lipinski definition) is 4. The van der Waals surface area contributed by atoms with Crippen LogP contribution in [0.2, 0.25) is 49.3 Å². The van der Waals surface area contributed by atoms with Crippen molar-refractivity contribution >= 4 is 51.3 Å². The van der Waals surface area contributed by atoms with Gasteiger partial charge in [0.2, 0.25) is 0 Å². The molecule has 2 atom stereocenters. The summed E-state index contributed by atoms with van der Waals surface area (Å²) in [6.07, 6.45) is -0.593. The van der Waals surface area contributed by atoms with Gasteiger partial charge in [-0.05, 0) is 36.4 Å². The Balaban J connectivity index is 2.60. The van der Waals surface area contributed by atoms with Crippen LogP contribution in [0.15, 0.2) is 36.4 Å². The third-order valence-corrected chi connectivity index (χ3v) is 7.49. The van der Waals surface area contributed by atoms with Crippen LogP contribution >= 0.6 is 23.2 Å². The average Bonchev–Trinajstić information content (AvgIpc) is 2.80. The molecule has 40 heavy (non-hydrogen) atoms. The Morgan fingerprint density at radius 1 is 0.700 bits per heavy atom. The maximum atomic E-state index is 12.0. The maximum Gasteiger partial charge on any atom is 0.303 e. The van der Waals surface area contributed by atoms with Crippen LogP contribution < -0.4 is 0 Å². The highest BCUT2D eigenvalue weighted by molar-refractivity contribution is 6.84. The molecule has 2 unspecified atom stereocenters. The van der Waals surface area contributed by atoms with Crippen LogP contribution in [0.5, 0.6) is 0 Å². The van der Waals surface area contributed by atoms with E-state index in [-0.39, 0.29) is 0 Å². The molecule has 0 fully saturated rings. The van der Waals surface area contributed by atoms with Gasteiger partial charge in [0.05, 0.1) is 0 Å². The predicted octanol–water partition coefficient (Wildman–Crippen LogP) is 8.14. The van der Waals surface area contributed by atoms with Crippen LogP contribution in [0.25, 0.3) is 0 Å². The molecule has 2 rings (SSSR count). The highest BCUT2D eigenvalue weighted by atomic mass is 35.5. The fraction of sp³-hybridized carbons (Fsp3) is 0.375. The SMILES string of the molecule is CC(=O)OC(CC#C[Si](C)(C)C)c1cc(Cl)ccc1C#Cc1ccc(Cl)cc1C(CC#C[Si](C)(C)C)OC(C)=O. The van der Waals surface area contributed by atoms with Crippen LogP contribution in [-0.4, -0.2) is 28.1 Å². The zero-order chi connectivity index (χ0) is 30.1. The number of carbonyl (C=O) groups excluding carboxylic acids is 2. The zero-order valence-electron chi connectivity index (χ0n) is 24.4. The number of ether oxygens (including phenoxy) is 2. The molecule has 0 N–H and O–H groups in total. The molecule has 0 aliphatic rings. The summed E-state index contributed by atoms with van der Waals surface area (Å²) in [6.45, 7) is 15.7. The van der Waals surface area contributed by atoms with E-state index in [0.717, 1.165) is 0 Å². The van der Waals surface area contributed by atoms with E-state index in [9.17, 15) is 9.59 Å².